The number of methoxy groups -OCH3 is 2. The maximum absolute atomic E-state index is 11.8. The molecular formula is C12H10BrNO4. The summed E-state index contributed by atoms with van der Waals surface area (Å²) in [5, 5.41) is 0.608. The van der Waals surface area contributed by atoms with E-state index in [1.54, 1.807) is 18.2 Å². The highest BCUT2D eigenvalue weighted by Gasteiger charge is 2.24. The van der Waals surface area contributed by atoms with Crippen LogP contribution in [0, 0.1) is 0 Å². The predicted octanol–water partition coefficient (Wildman–Crippen LogP) is 2.50. The number of hydrogen-bond donors (Lipinski definition) is 1. The molecule has 1 N–H and O–H groups in total. The van der Waals surface area contributed by atoms with Gasteiger partial charge in [-0.05, 0) is 18.2 Å². The van der Waals surface area contributed by atoms with Gasteiger partial charge in [-0.2, -0.15) is 0 Å². The number of carbonyl (C=O) groups excluding carboxylic acids is 2. The molecule has 1 aromatic heterocycles. The second-order valence-corrected chi connectivity index (χ2v) is 4.46. The highest BCUT2D eigenvalue weighted by molar-refractivity contribution is 9.10. The van der Waals surface area contributed by atoms with Crippen molar-refractivity contribution in [3.8, 4) is 0 Å². The van der Waals surface area contributed by atoms with Crippen molar-refractivity contribution in [2.45, 2.75) is 0 Å². The van der Waals surface area contributed by atoms with E-state index in [0.717, 1.165) is 4.47 Å². The second kappa shape index (κ2) is 4.81. The van der Waals surface area contributed by atoms with Crippen LogP contribution >= 0.6 is 15.9 Å². The lowest BCUT2D eigenvalue weighted by Gasteiger charge is -2.01. The van der Waals surface area contributed by atoms with Crippen molar-refractivity contribution >= 4 is 38.8 Å². The van der Waals surface area contributed by atoms with E-state index in [2.05, 4.69) is 25.7 Å². The van der Waals surface area contributed by atoms with Gasteiger partial charge in [-0.1, -0.05) is 15.9 Å². The topological polar surface area (TPSA) is 68.4 Å². The van der Waals surface area contributed by atoms with Crippen LogP contribution in [0.25, 0.3) is 10.9 Å². The van der Waals surface area contributed by atoms with Crippen LogP contribution in [0.1, 0.15) is 20.8 Å². The highest BCUT2D eigenvalue weighted by Crippen LogP contribution is 2.26. The number of esters is 2. The third-order valence-electron chi connectivity index (χ3n) is 2.54. The molecule has 0 bridgehead atoms. The summed E-state index contributed by atoms with van der Waals surface area (Å²) in [6, 6.07) is 5.31. The molecule has 5 nitrogen and oxygen atoms in total. The van der Waals surface area contributed by atoms with E-state index in [1.807, 2.05) is 0 Å². The number of halogens is 1. The first kappa shape index (κ1) is 12.6. The van der Waals surface area contributed by atoms with Gasteiger partial charge in [-0.25, -0.2) is 9.59 Å². The number of benzene rings is 1. The number of H-pyrrole nitrogens is 1. The van der Waals surface area contributed by atoms with Crippen molar-refractivity contribution in [1.29, 1.82) is 0 Å². The normalized spacial score (nSPS) is 10.4. The van der Waals surface area contributed by atoms with Crippen molar-refractivity contribution in [3.05, 3.63) is 33.9 Å². The van der Waals surface area contributed by atoms with Crippen LogP contribution in [0.15, 0.2) is 22.7 Å². The van der Waals surface area contributed by atoms with Crippen LogP contribution in [0.2, 0.25) is 0 Å². The quantitative estimate of drug-likeness (QED) is 0.865. The van der Waals surface area contributed by atoms with Gasteiger partial charge in [0.1, 0.15) is 5.69 Å². The Balaban J connectivity index is 2.77. The van der Waals surface area contributed by atoms with Gasteiger partial charge < -0.3 is 14.5 Å². The van der Waals surface area contributed by atoms with E-state index in [9.17, 15) is 9.59 Å². The smallest absolute Gasteiger partial charge is 0.355 e. The van der Waals surface area contributed by atoms with E-state index in [1.165, 1.54) is 14.2 Å². The van der Waals surface area contributed by atoms with Gasteiger partial charge in [0.05, 0.1) is 19.8 Å². The zero-order valence-corrected chi connectivity index (χ0v) is 11.3. The third kappa shape index (κ3) is 1.99. The van der Waals surface area contributed by atoms with Crippen molar-refractivity contribution in [2.24, 2.45) is 0 Å². The summed E-state index contributed by atoms with van der Waals surface area (Å²) in [6.07, 6.45) is 0. The molecule has 2 aromatic rings. The molecule has 0 unspecified atom stereocenters. The van der Waals surface area contributed by atoms with Crippen molar-refractivity contribution in [2.75, 3.05) is 14.2 Å². The molecule has 0 fully saturated rings. The van der Waals surface area contributed by atoms with Gasteiger partial charge in [-0.15, -0.1) is 0 Å². The molecule has 1 aromatic carbocycles. The molecule has 1 heterocycles. The minimum Gasteiger partial charge on any atom is -0.465 e. The first-order chi connectivity index (χ1) is 8.58. The summed E-state index contributed by atoms with van der Waals surface area (Å²) < 4.78 is 10.1. The highest BCUT2D eigenvalue weighted by atomic mass is 79.9. The van der Waals surface area contributed by atoms with Gasteiger partial charge in [0.15, 0.2) is 0 Å². The number of aromatic amines is 1. The number of ether oxygens (including phenoxy) is 2. The van der Waals surface area contributed by atoms with Gasteiger partial charge >= 0.3 is 11.9 Å². The third-order valence-corrected chi connectivity index (χ3v) is 3.03. The SMILES string of the molecule is COC(=O)c1[nH]c2ccc(Br)cc2c1C(=O)OC. The number of aromatic nitrogens is 1. The second-order valence-electron chi connectivity index (χ2n) is 3.55. The van der Waals surface area contributed by atoms with Gasteiger partial charge in [0, 0.05) is 15.4 Å². The van der Waals surface area contributed by atoms with E-state index in [-0.39, 0.29) is 11.3 Å². The van der Waals surface area contributed by atoms with Gasteiger partial charge in [0.25, 0.3) is 0 Å². The zero-order valence-electron chi connectivity index (χ0n) is 9.74. The van der Waals surface area contributed by atoms with Crippen molar-refractivity contribution in [3.63, 3.8) is 0 Å². The zero-order chi connectivity index (χ0) is 13.3. The Labute approximate surface area is 111 Å². The number of fused-ring (bicyclic) bond motifs is 1. The maximum Gasteiger partial charge on any atom is 0.355 e. The standard InChI is InChI=1S/C12H10BrNO4/c1-17-11(15)9-7-5-6(13)3-4-8(7)14-10(9)12(16)18-2/h3-5,14H,1-2H3. The first-order valence-electron chi connectivity index (χ1n) is 5.06. The van der Waals surface area contributed by atoms with Crippen LogP contribution in [0.3, 0.4) is 0 Å². The molecule has 0 saturated heterocycles. The number of carbonyl (C=O) groups is 2. The van der Waals surface area contributed by atoms with E-state index >= 15 is 0 Å². The Hall–Kier alpha value is -1.82. The largest absolute Gasteiger partial charge is 0.465 e. The Morgan fingerprint density at radius 1 is 1.17 bits per heavy atom. The summed E-state index contributed by atoms with van der Waals surface area (Å²) in [5.74, 6) is -1.19. The lowest BCUT2D eigenvalue weighted by molar-refractivity contribution is 0.0553. The number of hydrogen-bond acceptors (Lipinski definition) is 4. The van der Waals surface area contributed by atoms with Gasteiger partial charge in [0.2, 0.25) is 0 Å². The lowest BCUT2D eigenvalue weighted by atomic mass is 10.1. The van der Waals surface area contributed by atoms with Crippen LogP contribution in [-0.2, 0) is 9.47 Å². The van der Waals surface area contributed by atoms with Crippen molar-refractivity contribution in [1.82, 2.24) is 4.98 Å². The Morgan fingerprint density at radius 3 is 2.44 bits per heavy atom. The Morgan fingerprint density at radius 2 is 1.83 bits per heavy atom. The van der Waals surface area contributed by atoms with Crippen molar-refractivity contribution < 1.29 is 19.1 Å². The number of rotatable bonds is 2. The fraction of sp³-hybridized carbons (Fsp3) is 0.167. The van der Waals surface area contributed by atoms with E-state index in [4.69, 9.17) is 4.74 Å². The molecule has 0 spiro atoms. The fourth-order valence-electron chi connectivity index (χ4n) is 1.73. The summed E-state index contributed by atoms with van der Waals surface area (Å²) >= 11 is 3.32. The monoisotopic (exact) mass is 311 g/mol. The fourth-order valence-corrected chi connectivity index (χ4v) is 2.09. The molecule has 0 saturated carbocycles. The van der Waals surface area contributed by atoms with E-state index in [0.29, 0.717) is 10.9 Å². The molecule has 6 heteroatoms. The molecule has 0 amide bonds. The summed E-state index contributed by atoms with van der Waals surface area (Å²) in [7, 11) is 2.52. The molecule has 2 rings (SSSR count). The molecule has 94 valence electrons. The maximum atomic E-state index is 11.8. The molecule has 18 heavy (non-hydrogen) atoms. The van der Waals surface area contributed by atoms with Gasteiger partial charge in [-0.3, -0.25) is 0 Å². The molecular weight excluding hydrogens is 302 g/mol. The van der Waals surface area contributed by atoms with E-state index < -0.39 is 11.9 Å². The lowest BCUT2D eigenvalue weighted by Crippen LogP contribution is -2.10. The molecule has 0 aliphatic carbocycles. The summed E-state index contributed by atoms with van der Waals surface area (Å²) in [6.45, 7) is 0. The average molecular weight is 312 g/mol. The summed E-state index contributed by atoms with van der Waals surface area (Å²) in [4.78, 5) is 26.3. The molecule has 0 atom stereocenters. The number of nitrogens with one attached hydrogen (secondary N) is 1. The van der Waals surface area contributed by atoms with Crippen LogP contribution < -0.4 is 0 Å². The van der Waals surface area contributed by atoms with Crippen LogP contribution in [0.4, 0.5) is 0 Å². The Kier molecular flexibility index (Phi) is 3.38. The predicted molar refractivity (Wildman–Crippen MR) is 68.7 cm³/mol. The Bertz CT molecular complexity index is 632. The summed E-state index contributed by atoms with van der Waals surface area (Å²) in [5.41, 5.74) is 0.942. The molecule has 0 aliphatic heterocycles. The van der Waals surface area contributed by atoms with Crippen LogP contribution in [0.5, 0.6) is 0 Å². The first-order valence-corrected chi connectivity index (χ1v) is 5.85. The average Bonchev–Trinajstić information content (AvgIpc) is 2.75. The minimum atomic E-state index is -0.609. The minimum absolute atomic E-state index is 0.0949. The van der Waals surface area contributed by atoms with Crippen LogP contribution in [-0.4, -0.2) is 31.1 Å². The molecule has 0 radical (unpaired) electrons. The molecule has 0 aliphatic rings.